The molecule has 0 amide bonds. The molecule has 0 spiro atoms. The van der Waals surface area contributed by atoms with Crippen LogP contribution in [-0.2, 0) is 0 Å². The number of rotatable bonds is 1. The molecule has 4 nitrogen and oxygen atoms in total. The maximum Gasteiger partial charge on any atom is 0.298 e. The summed E-state index contributed by atoms with van der Waals surface area (Å²) in [5, 5.41) is 3.48. The van der Waals surface area contributed by atoms with Crippen molar-refractivity contribution in [3.63, 3.8) is 0 Å². The maximum atomic E-state index is 5.84. The molecule has 1 aliphatic heterocycles. The maximum absolute atomic E-state index is 5.84. The number of nitrogens with one attached hydrogen (secondary N) is 1. The topological polar surface area (TPSA) is 41.3 Å². The molecular weight excluding hydrogens is 226 g/mol. The molecule has 96 valence electrons. The van der Waals surface area contributed by atoms with Crippen LogP contribution in [0.25, 0.3) is 11.1 Å². The van der Waals surface area contributed by atoms with E-state index in [1.807, 2.05) is 6.07 Å². The number of benzene rings is 1. The summed E-state index contributed by atoms with van der Waals surface area (Å²) in [6.07, 6.45) is 1.12. The van der Waals surface area contributed by atoms with Crippen LogP contribution in [0, 0.1) is 6.92 Å². The van der Waals surface area contributed by atoms with Crippen LogP contribution < -0.4 is 10.2 Å². The first-order valence-corrected chi connectivity index (χ1v) is 6.58. The molecular formula is C14H19N3O. The van der Waals surface area contributed by atoms with Gasteiger partial charge in [-0.2, -0.15) is 4.98 Å². The van der Waals surface area contributed by atoms with Crippen LogP contribution in [0.3, 0.4) is 0 Å². The summed E-state index contributed by atoms with van der Waals surface area (Å²) in [7, 11) is 0. The number of fused-ring (bicyclic) bond motifs is 1. The Labute approximate surface area is 107 Å². The fourth-order valence-corrected chi connectivity index (χ4v) is 2.36. The van der Waals surface area contributed by atoms with Crippen LogP contribution in [-0.4, -0.2) is 30.7 Å². The van der Waals surface area contributed by atoms with Gasteiger partial charge in [0.05, 0.1) is 0 Å². The van der Waals surface area contributed by atoms with E-state index in [2.05, 4.69) is 41.2 Å². The molecule has 1 N–H and O–H groups in total. The van der Waals surface area contributed by atoms with Gasteiger partial charge in [0.15, 0.2) is 5.58 Å². The van der Waals surface area contributed by atoms with E-state index in [9.17, 15) is 0 Å². The second-order valence-electron chi connectivity index (χ2n) is 5.10. The van der Waals surface area contributed by atoms with Gasteiger partial charge >= 0.3 is 0 Å². The van der Waals surface area contributed by atoms with E-state index in [1.165, 1.54) is 5.56 Å². The summed E-state index contributed by atoms with van der Waals surface area (Å²) in [6.45, 7) is 7.24. The number of aromatic nitrogens is 1. The average Bonchev–Trinajstić information content (AvgIpc) is 2.63. The summed E-state index contributed by atoms with van der Waals surface area (Å²) in [6, 6.07) is 7.46. The lowest BCUT2D eigenvalue weighted by Crippen LogP contribution is -2.29. The Kier molecular flexibility index (Phi) is 2.96. The lowest BCUT2D eigenvalue weighted by atomic mass is 10.2. The van der Waals surface area contributed by atoms with Gasteiger partial charge in [-0.25, -0.2) is 0 Å². The highest BCUT2D eigenvalue weighted by atomic mass is 16.4. The van der Waals surface area contributed by atoms with Gasteiger partial charge in [0.1, 0.15) is 5.52 Å². The predicted molar refractivity (Wildman–Crippen MR) is 73.0 cm³/mol. The van der Waals surface area contributed by atoms with Crippen LogP contribution in [0.15, 0.2) is 22.6 Å². The highest BCUT2D eigenvalue weighted by Gasteiger charge is 2.17. The predicted octanol–water partition coefficient (Wildman–Crippen LogP) is 2.32. The highest BCUT2D eigenvalue weighted by Crippen LogP contribution is 2.23. The molecule has 3 rings (SSSR count). The monoisotopic (exact) mass is 245 g/mol. The molecule has 1 unspecified atom stereocenters. The van der Waals surface area contributed by atoms with E-state index in [0.717, 1.165) is 43.2 Å². The molecule has 1 aromatic carbocycles. The minimum absolute atomic E-state index is 0.571. The largest absolute Gasteiger partial charge is 0.423 e. The van der Waals surface area contributed by atoms with E-state index in [-0.39, 0.29) is 0 Å². The van der Waals surface area contributed by atoms with Crippen LogP contribution >= 0.6 is 0 Å². The molecule has 0 aliphatic carbocycles. The van der Waals surface area contributed by atoms with Gasteiger partial charge in [-0.15, -0.1) is 0 Å². The quantitative estimate of drug-likeness (QED) is 0.837. The molecule has 4 heteroatoms. The van der Waals surface area contributed by atoms with Gasteiger partial charge < -0.3 is 14.6 Å². The van der Waals surface area contributed by atoms with Crippen LogP contribution in [0.4, 0.5) is 6.01 Å². The van der Waals surface area contributed by atoms with Gasteiger partial charge in [-0.3, -0.25) is 0 Å². The minimum atomic E-state index is 0.571. The molecule has 2 heterocycles. The van der Waals surface area contributed by atoms with Crippen LogP contribution in [0.1, 0.15) is 18.9 Å². The number of oxazole rings is 1. The van der Waals surface area contributed by atoms with Crippen molar-refractivity contribution in [3.05, 3.63) is 23.8 Å². The first-order valence-electron chi connectivity index (χ1n) is 6.58. The smallest absolute Gasteiger partial charge is 0.298 e. The molecule has 0 radical (unpaired) electrons. The third kappa shape index (κ3) is 2.20. The third-order valence-corrected chi connectivity index (χ3v) is 3.51. The van der Waals surface area contributed by atoms with Crippen molar-refractivity contribution in [2.45, 2.75) is 26.3 Å². The van der Waals surface area contributed by atoms with Gasteiger partial charge in [-0.1, -0.05) is 6.07 Å². The zero-order chi connectivity index (χ0) is 12.5. The van der Waals surface area contributed by atoms with Crippen molar-refractivity contribution in [2.75, 3.05) is 24.5 Å². The second kappa shape index (κ2) is 4.61. The first kappa shape index (κ1) is 11.5. The number of hydrogen-bond donors (Lipinski definition) is 1. The van der Waals surface area contributed by atoms with Gasteiger partial charge in [-0.05, 0) is 38.0 Å². The van der Waals surface area contributed by atoms with Gasteiger partial charge in [0, 0.05) is 25.7 Å². The Morgan fingerprint density at radius 1 is 1.39 bits per heavy atom. The summed E-state index contributed by atoms with van der Waals surface area (Å²) in [5.74, 6) is 0. The van der Waals surface area contributed by atoms with Gasteiger partial charge in [0.2, 0.25) is 0 Å². The average molecular weight is 245 g/mol. The highest BCUT2D eigenvalue weighted by molar-refractivity contribution is 5.75. The molecule has 2 aromatic rings. The molecule has 1 saturated heterocycles. The van der Waals surface area contributed by atoms with E-state index in [4.69, 9.17) is 4.42 Å². The first-order chi connectivity index (χ1) is 8.72. The lowest BCUT2D eigenvalue weighted by molar-refractivity contribution is 0.559. The Morgan fingerprint density at radius 2 is 2.28 bits per heavy atom. The summed E-state index contributed by atoms with van der Waals surface area (Å²) >= 11 is 0. The zero-order valence-corrected chi connectivity index (χ0v) is 10.9. The van der Waals surface area contributed by atoms with E-state index in [0.29, 0.717) is 6.04 Å². The van der Waals surface area contributed by atoms with E-state index in [1.54, 1.807) is 0 Å². The molecule has 1 aliphatic rings. The fourth-order valence-electron chi connectivity index (χ4n) is 2.36. The Bertz CT molecular complexity index is 549. The molecule has 18 heavy (non-hydrogen) atoms. The van der Waals surface area contributed by atoms with Crippen molar-refractivity contribution in [2.24, 2.45) is 0 Å². The molecule has 1 aromatic heterocycles. The van der Waals surface area contributed by atoms with Crippen molar-refractivity contribution in [1.82, 2.24) is 10.3 Å². The third-order valence-electron chi connectivity index (χ3n) is 3.51. The number of anilines is 1. The van der Waals surface area contributed by atoms with Crippen molar-refractivity contribution >= 4 is 17.1 Å². The summed E-state index contributed by atoms with van der Waals surface area (Å²) in [4.78, 5) is 6.82. The van der Waals surface area contributed by atoms with Crippen molar-refractivity contribution < 1.29 is 4.42 Å². The van der Waals surface area contributed by atoms with Crippen molar-refractivity contribution in [1.29, 1.82) is 0 Å². The van der Waals surface area contributed by atoms with Crippen molar-refractivity contribution in [3.8, 4) is 0 Å². The van der Waals surface area contributed by atoms with E-state index < -0.39 is 0 Å². The zero-order valence-electron chi connectivity index (χ0n) is 10.9. The van der Waals surface area contributed by atoms with Gasteiger partial charge in [0.25, 0.3) is 6.01 Å². The molecule has 0 bridgehead atoms. The molecule has 1 fully saturated rings. The lowest BCUT2D eigenvalue weighted by Gasteiger charge is -2.16. The number of aryl methyl sites for hydroxylation is 1. The Balaban J connectivity index is 1.89. The SMILES string of the molecule is Cc1ccc2oc(N3CCNC(C)CC3)nc2c1. The minimum Gasteiger partial charge on any atom is -0.423 e. The standard InChI is InChI=1S/C14H19N3O/c1-10-3-4-13-12(9-10)16-14(18-13)17-7-5-11(2)15-6-8-17/h3-4,9,11,15H,5-8H2,1-2H3. The molecule has 1 atom stereocenters. The summed E-state index contributed by atoms with van der Waals surface area (Å²) < 4.78 is 5.84. The van der Waals surface area contributed by atoms with Crippen LogP contribution in [0.2, 0.25) is 0 Å². The van der Waals surface area contributed by atoms with E-state index >= 15 is 0 Å². The number of hydrogen-bond acceptors (Lipinski definition) is 4. The van der Waals surface area contributed by atoms with Crippen LogP contribution in [0.5, 0.6) is 0 Å². The summed E-state index contributed by atoms with van der Waals surface area (Å²) in [5.41, 5.74) is 3.05. The molecule has 0 saturated carbocycles. The normalized spacial score (nSPS) is 21.2. The number of nitrogens with zero attached hydrogens (tertiary/aromatic N) is 2. The fraction of sp³-hybridized carbons (Fsp3) is 0.500. The Hall–Kier alpha value is -1.55. The Morgan fingerprint density at radius 3 is 3.17 bits per heavy atom. The second-order valence-corrected chi connectivity index (χ2v) is 5.10.